The highest BCUT2D eigenvalue weighted by molar-refractivity contribution is 5.77. The van der Waals surface area contributed by atoms with Gasteiger partial charge < -0.3 is 10.1 Å². The molecule has 0 heterocycles. The third-order valence-corrected chi connectivity index (χ3v) is 2.56. The van der Waals surface area contributed by atoms with Crippen LogP contribution in [0.1, 0.15) is 39.0 Å². The maximum Gasteiger partial charge on any atom is 0.287 e. The molecule has 1 fully saturated rings. The standard InChI is InChI=1S/C10H18NO2/c1-8(11-2)10(12)13-9-6-4-3-5-7-9/h8-9H,3-7H2,1-2H3/q-1/t8-/m0/s1. The van der Waals surface area contributed by atoms with Gasteiger partial charge in [0.15, 0.2) is 0 Å². The van der Waals surface area contributed by atoms with E-state index < -0.39 is 0 Å². The fourth-order valence-electron chi connectivity index (χ4n) is 1.55. The first-order valence-electron chi connectivity index (χ1n) is 5.03. The zero-order valence-electron chi connectivity index (χ0n) is 8.45. The Morgan fingerprint density at radius 3 is 2.54 bits per heavy atom. The molecule has 3 nitrogen and oxygen atoms in total. The number of carbonyl (C=O) groups excluding carboxylic acids is 1. The highest BCUT2D eigenvalue weighted by Gasteiger charge is 2.17. The highest BCUT2D eigenvalue weighted by atomic mass is 16.5. The molecular weight excluding hydrogens is 166 g/mol. The fourth-order valence-corrected chi connectivity index (χ4v) is 1.55. The van der Waals surface area contributed by atoms with Gasteiger partial charge in [-0.25, -0.2) is 0 Å². The molecule has 0 aliphatic heterocycles. The van der Waals surface area contributed by atoms with Crippen molar-refractivity contribution in [2.24, 2.45) is 0 Å². The lowest BCUT2D eigenvalue weighted by Gasteiger charge is -2.27. The quantitative estimate of drug-likeness (QED) is 0.631. The van der Waals surface area contributed by atoms with Crippen LogP contribution in [0.5, 0.6) is 0 Å². The van der Waals surface area contributed by atoms with Crippen LogP contribution in [0.4, 0.5) is 0 Å². The van der Waals surface area contributed by atoms with Crippen molar-refractivity contribution in [3.8, 4) is 0 Å². The maximum absolute atomic E-state index is 11.3. The van der Waals surface area contributed by atoms with Crippen molar-refractivity contribution in [2.75, 3.05) is 7.05 Å². The van der Waals surface area contributed by atoms with Crippen LogP contribution in [0.2, 0.25) is 0 Å². The Balaban J connectivity index is 2.26. The Kier molecular flexibility index (Phi) is 4.22. The molecule has 1 aliphatic rings. The molecule has 0 radical (unpaired) electrons. The van der Waals surface area contributed by atoms with E-state index in [1.165, 1.54) is 19.3 Å². The lowest BCUT2D eigenvalue weighted by Crippen LogP contribution is -2.26. The third-order valence-electron chi connectivity index (χ3n) is 2.56. The van der Waals surface area contributed by atoms with Crippen molar-refractivity contribution >= 4 is 5.97 Å². The summed E-state index contributed by atoms with van der Waals surface area (Å²) in [5.74, 6) is -0.172. The third kappa shape index (κ3) is 3.35. The molecule has 76 valence electrons. The molecule has 1 atom stereocenters. The Bertz CT molecular complexity index is 164. The molecule has 1 rings (SSSR count). The number of nitrogens with zero attached hydrogens (tertiary/aromatic N) is 1. The molecule has 0 aromatic carbocycles. The molecule has 1 aliphatic carbocycles. The van der Waals surface area contributed by atoms with Gasteiger partial charge in [0.1, 0.15) is 6.10 Å². The molecule has 0 saturated heterocycles. The van der Waals surface area contributed by atoms with Crippen molar-refractivity contribution in [3.05, 3.63) is 5.32 Å². The van der Waals surface area contributed by atoms with E-state index in [2.05, 4.69) is 5.32 Å². The summed E-state index contributed by atoms with van der Waals surface area (Å²) in [5.41, 5.74) is 0. The van der Waals surface area contributed by atoms with Crippen LogP contribution in [0, 0.1) is 0 Å². The molecule has 0 unspecified atom stereocenters. The van der Waals surface area contributed by atoms with Gasteiger partial charge in [0.25, 0.3) is 5.97 Å². The lowest BCUT2D eigenvalue weighted by molar-refractivity contribution is -0.150. The van der Waals surface area contributed by atoms with E-state index in [0.717, 1.165) is 12.8 Å². The normalized spacial score (nSPS) is 21.1. The minimum Gasteiger partial charge on any atom is -0.653 e. The van der Waals surface area contributed by atoms with E-state index in [1.807, 2.05) is 0 Å². The number of esters is 1. The van der Waals surface area contributed by atoms with Gasteiger partial charge in [0.2, 0.25) is 0 Å². The summed E-state index contributed by atoms with van der Waals surface area (Å²) in [4.78, 5) is 11.3. The topological polar surface area (TPSA) is 40.4 Å². The minimum absolute atomic E-state index is 0.158. The van der Waals surface area contributed by atoms with Crippen LogP contribution in [-0.2, 0) is 9.53 Å². The molecule has 0 bridgehead atoms. The number of carbonyl (C=O) groups is 1. The second kappa shape index (κ2) is 5.22. The second-order valence-electron chi connectivity index (χ2n) is 3.63. The summed E-state index contributed by atoms with van der Waals surface area (Å²) in [7, 11) is 1.65. The number of hydrogen-bond donors (Lipinski definition) is 0. The van der Waals surface area contributed by atoms with Gasteiger partial charge in [-0.3, -0.25) is 4.79 Å². The van der Waals surface area contributed by atoms with Gasteiger partial charge in [0, 0.05) is 0 Å². The van der Waals surface area contributed by atoms with Crippen molar-refractivity contribution < 1.29 is 9.53 Å². The van der Waals surface area contributed by atoms with Gasteiger partial charge in [-0.1, -0.05) is 13.3 Å². The van der Waals surface area contributed by atoms with Gasteiger partial charge >= 0.3 is 0 Å². The average Bonchev–Trinajstić information content (AvgIpc) is 2.18. The van der Waals surface area contributed by atoms with Gasteiger partial charge in [-0.15, -0.1) is 0 Å². The first-order chi connectivity index (χ1) is 6.24. The molecule has 0 aromatic rings. The monoisotopic (exact) mass is 184 g/mol. The van der Waals surface area contributed by atoms with Crippen LogP contribution in [0.3, 0.4) is 0 Å². The van der Waals surface area contributed by atoms with Crippen LogP contribution in [0.15, 0.2) is 0 Å². The van der Waals surface area contributed by atoms with Crippen LogP contribution < -0.4 is 0 Å². The van der Waals surface area contributed by atoms with Crippen molar-refractivity contribution in [3.63, 3.8) is 0 Å². The summed E-state index contributed by atoms with van der Waals surface area (Å²) < 4.78 is 5.31. The number of rotatable bonds is 3. The van der Waals surface area contributed by atoms with Crippen LogP contribution in [0.25, 0.3) is 5.32 Å². The second-order valence-corrected chi connectivity index (χ2v) is 3.63. The van der Waals surface area contributed by atoms with Gasteiger partial charge in [-0.05, 0) is 31.7 Å². The zero-order chi connectivity index (χ0) is 9.68. The fraction of sp³-hybridized carbons (Fsp3) is 0.900. The van der Waals surface area contributed by atoms with E-state index in [9.17, 15) is 4.79 Å². The Morgan fingerprint density at radius 1 is 1.38 bits per heavy atom. The largest absolute Gasteiger partial charge is 0.653 e. The Morgan fingerprint density at radius 2 is 2.00 bits per heavy atom. The Hall–Kier alpha value is -0.570. The molecule has 3 heteroatoms. The number of likely N-dealkylation sites (N-methyl/N-ethyl adjacent to an activating group) is 1. The predicted molar refractivity (Wildman–Crippen MR) is 51.7 cm³/mol. The maximum atomic E-state index is 11.3. The SMILES string of the molecule is C[N-][C@@H](C)C(=O)OC1CCCCC1. The molecule has 0 N–H and O–H groups in total. The van der Waals surface area contributed by atoms with Crippen molar-refractivity contribution in [1.29, 1.82) is 0 Å². The van der Waals surface area contributed by atoms with E-state index in [4.69, 9.17) is 4.74 Å². The van der Waals surface area contributed by atoms with Crippen LogP contribution >= 0.6 is 0 Å². The molecule has 0 amide bonds. The highest BCUT2D eigenvalue weighted by Crippen LogP contribution is 2.21. The van der Waals surface area contributed by atoms with Crippen molar-refractivity contribution in [1.82, 2.24) is 0 Å². The van der Waals surface area contributed by atoms with E-state index in [1.54, 1.807) is 14.0 Å². The Labute approximate surface area is 79.8 Å². The molecule has 0 aromatic heterocycles. The number of hydrogen-bond acceptors (Lipinski definition) is 2. The lowest BCUT2D eigenvalue weighted by atomic mass is 9.98. The van der Waals surface area contributed by atoms with Gasteiger partial charge in [-0.2, -0.15) is 7.05 Å². The van der Waals surface area contributed by atoms with Crippen LogP contribution in [-0.4, -0.2) is 25.2 Å². The molecule has 1 saturated carbocycles. The average molecular weight is 184 g/mol. The molecule has 0 spiro atoms. The number of ether oxygens (including phenoxy) is 1. The molecule has 13 heavy (non-hydrogen) atoms. The summed E-state index contributed by atoms with van der Waals surface area (Å²) in [6.07, 6.45) is 5.88. The summed E-state index contributed by atoms with van der Waals surface area (Å²) in [5, 5.41) is 3.88. The minimum atomic E-state index is -0.304. The van der Waals surface area contributed by atoms with Crippen molar-refractivity contribution in [2.45, 2.75) is 51.2 Å². The predicted octanol–water partition coefficient (Wildman–Crippen LogP) is 2.25. The zero-order valence-corrected chi connectivity index (χ0v) is 8.45. The first-order valence-corrected chi connectivity index (χ1v) is 5.03. The summed E-state index contributed by atoms with van der Waals surface area (Å²) in [6.45, 7) is 1.77. The van der Waals surface area contributed by atoms with E-state index in [-0.39, 0.29) is 18.1 Å². The first kappa shape index (κ1) is 10.5. The molecular formula is C10H18NO2-. The van der Waals surface area contributed by atoms with Gasteiger partial charge in [0.05, 0.1) is 0 Å². The smallest absolute Gasteiger partial charge is 0.287 e. The van der Waals surface area contributed by atoms with E-state index in [0.29, 0.717) is 0 Å². The summed E-state index contributed by atoms with van der Waals surface area (Å²) in [6, 6.07) is -0.304. The van der Waals surface area contributed by atoms with E-state index >= 15 is 0 Å². The summed E-state index contributed by atoms with van der Waals surface area (Å²) >= 11 is 0.